The minimum atomic E-state index is -0.161. The topological polar surface area (TPSA) is 67.2 Å². The van der Waals surface area contributed by atoms with Gasteiger partial charge in [0.15, 0.2) is 0 Å². The number of benzene rings is 3. The molecule has 1 atom stereocenters. The molecule has 3 heterocycles. The molecular weight excluding hydrogens is 436 g/mol. The van der Waals surface area contributed by atoms with Crippen LogP contribution < -0.4 is 4.90 Å². The van der Waals surface area contributed by atoms with Crippen LogP contribution in [0.15, 0.2) is 84.9 Å². The van der Waals surface area contributed by atoms with E-state index in [0.29, 0.717) is 19.0 Å². The minimum Gasteiger partial charge on any atom is -0.336 e. The number of rotatable bonds is 4. The average Bonchev–Trinajstić information content (AvgIpc) is 3.40. The highest BCUT2D eigenvalue weighted by molar-refractivity contribution is 5.89. The van der Waals surface area contributed by atoms with Crippen molar-refractivity contribution in [2.24, 2.45) is 0 Å². The monoisotopic (exact) mass is 462 g/mol. The van der Waals surface area contributed by atoms with Crippen molar-refractivity contribution in [3.8, 4) is 0 Å². The average molecular weight is 463 g/mol. The van der Waals surface area contributed by atoms with E-state index in [1.165, 1.54) is 16.7 Å². The summed E-state index contributed by atoms with van der Waals surface area (Å²) in [6.45, 7) is 3.58. The molecule has 0 fully saturated rings. The number of fused-ring (bicyclic) bond motifs is 2. The molecule has 0 N–H and O–H groups in total. The summed E-state index contributed by atoms with van der Waals surface area (Å²) in [7, 11) is 0. The van der Waals surface area contributed by atoms with Crippen LogP contribution in [0.2, 0.25) is 0 Å². The van der Waals surface area contributed by atoms with Gasteiger partial charge in [-0.25, -0.2) is 0 Å². The zero-order valence-electron chi connectivity index (χ0n) is 19.6. The lowest BCUT2D eigenvalue weighted by molar-refractivity contribution is -0.130. The summed E-state index contributed by atoms with van der Waals surface area (Å²) in [6.07, 6.45) is 3.03. The minimum absolute atomic E-state index is 0.0604. The predicted octanol–water partition coefficient (Wildman–Crippen LogP) is 4.02. The highest BCUT2D eigenvalue weighted by Crippen LogP contribution is 2.36. The highest BCUT2D eigenvalue weighted by Gasteiger charge is 2.33. The molecule has 7 nitrogen and oxygen atoms in total. The van der Waals surface area contributed by atoms with Crippen LogP contribution in [-0.2, 0) is 17.8 Å². The summed E-state index contributed by atoms with van der Waals surface area (Å²) in [4.78, 5) is 17.5. The standard InChI is InChI=1S/C28H26N6O/c1-20-11-13-23(14-12-20)25-17-26(22-8-3-2-4-9-22)34-28(29-30-31-34)33(25)19-27(35)32-16-15-21-7-5-6-10-24(21)18-32/h2-14,17,26H,15-16,18-19H2,1H3/t26-/m0/s1. The number of tetrazole rings is 1. The van der Waals surface area contributed by atoms with Crippen LogP contribution in [0.4, 0.5) is 5.95 Å². The van der Waals surface area contributed by atoms with Gasteiger partial charge in [0.2, 0.25) is 5.91 Å². The fourth-order valence-electron chi connectivity index (χ4n) is 4.93. The van der Waals surface area contributed by atoms with Gasteiger partial charge < -0.3 is 4.90 Å². The third-order valence-electron chi connectivity index (χ3n) is 6.85. The zero-order valence-corrected chi connectivity index (χ0v) is 19.6. The molecule has 2 aliphatic heterocycles. The van der Waals surface area contributed by atoms with Crippen LogP contribution in [0, 0.1) is 6.92 Å². The first kappa shape index (κ1) is 21.3. The summed E-state index contributed by atoms with van der Waals surface area (Å²) >= 11 is 0. The van der Waals surface area contributed by atoms with Crippen molar-refractivity contribution in [2.45, 2.75) is 25.9 Å². The van der Waals surface area contributed by atoms with Crippen molar-refractivity contribution in [3.05, 3.63) is 113 Å². The molecule has 174 valence electrons. The maximum absolute atomic E-state index is 13.6. The number of carbonyl (C=O) groups excluding carboxylic acids is 1. The van der Waals surface area contributed by atoms with Gasteiger partial charge in [0.05, 0.1) is 5.70 Å². The van der Waals surface area contributed by atoms with Crippen molar-refractivity contribution in [1.29, 1.82) is 0 Å². The van der Waals surface area contributed by atoms with Crippen LogP contribution in [0.25, 0.3) is 5.70 Å². The number of nitrogens with zero attached hydrogens (tertiary/aromatic N) is 6. The maximum atomic E-state index is 13.6. The number of hydrogen-bond acceptors (Lipinski definition) is 5. The molecule has 0 spiro atoms. The Balaban J connectivity index is 1.37. The number of aryl methyl sites for hydroxylation is 1. The molecule has 0 saturated carbocycles. The second-order valence-electron chi connectivity index (χ2n) is 9.12. The van der Waals surface area contributed by atoms with E-state index >= 15 is 0 Å². The summed E-state index contributed by atoms with van der Waals surface area (Å²) < 4.78 is 1.80. The largest absolute Gasteiger partial charge is 0.336 e. The second-order valence-corrected chi connectivity index (χ2v) is 9.12. The SMILES string of the molecule is Cc1ccc(C2=C[C@@H](c3ccccc3)n3nnnc3N2CC(=O)N2CCc3ccccc3C2)cc1. The Labute approximate surface area is 204 Å². The van der Waals surface area contributed by atoms with E-state index in [-0.39, 0.29) is 18.5 Å². The van der Waals surface area contributed by atoms with E-state index in [2.05, 4.69) is 83.1 Å². The third-order valence-corrected chi connectivity index (χ3v) is 6.85. The van der Waals surface area contributed by atoms with E-state index in [1.807, 2.05) is 34.1 Å². The van der Waals surface area contributed by atoms with Gasteiger partial charge in [0.25, 0.3) is 5.95 Å². The summed E-state index contributed by atoms with van der Waals surface area (Å²) in [5.41, 5.74) is 6.78. The fourth-order valence-corrected chi connectivity index (χ4v) is 4.93. The summed E-state index contributed by atoms with van der Waals surface area (Å²) in [5, 5.41) is 12.6. The lowest BCUT2D eigenvalue weighted by Gasteiger charge is -2.35. The molecule has 35 heavy (non-hydrogen) atoms. The highest BCUT2D eigenvalue weighted by atomic mass is 16.2. The van der Waals surface area contributed by atoms with Crippen molar-refractivity contribution >= 4 is 17.6 Å². The Morgan fingerprint density at radius 1 is 0.943 bits per heavy atom. The lowest BCUT2D eigenvalue weighted by atomic mass is 9.99. The predicted molar refractivity (Wildman–Crippen MR) is 134 cm³/mol. The molecule has 0 unspecified atom stereocenters. The van der Waals surface area contributed by atoms with Gasteiger partial charge in [0, 0.05) is 13.1 Å². The third kappa shape index (κ3) is 3.99. The first-order valence-electron chi connectivity index (χ1n) is 11.9. The van der Waals surface area contributed by atoms with E-state index in [0.717, 1.165) is 23.2 Å². The fraction of sp³-hybridized carbons (Fsp3) is 0.214. The number of carbonyl (C=O) groups is 1. The smallest absolute Gasteiger partial charge is 0.251 e. The van der Waals surface area contributed by atoms with Gasteiger partial charge in [-0.1, -0.05) is 89.5 Å². The lowest BCUT2D eigenvalue weighted by Crippen LogP contribution is -2.44. The molecule has 1 aromatic heterocycles. The van der Waals surface area contributed by atoms with E-state index in [9.17, 15) is 4.79 Å². The molecular formula is C28H26N6O. The normalized spacial score (nSPS) is 16.9. The second kappa shape index (κ2) is 8.83. The molecule has 0 radical (unpaired) electrons. The van der Waals surface area contributed by atoms with E-state index in [1.54, 1.807) is 4.68 Å². The number of amides is 1. The van der Waals surface area contributed by atoms with Crippen molar-refractivity contribution in [1.82, 2.24) is 25.1 Å². The Bertz CT molecular complexity index is 1390. The molecule has 0 bridgehead atoms. The van der Waals surface area contributed by atoms with Crippen molar-refractivity contribution in [2.75, 3.05) is 18.0 Å². The molecule has 2 aliphatic rings. The van der Waals surface area contributed by atoms with E-state index < -0.39 is 0 Å². The Kier molecular flexibility index (Phi) is 5.37. The molecule has 6 rings (SSSR count). The van der Waals surface area contributed by atoms with Gasteiger partial charge in [-0.3, -0.25) is 9.69 Å². The summed E-state index contributed by atoms with van der Waals surface area (Å²) in [6, 6.07) is 26.7. The van der Waals surface area contributed by atoms with Crippen LogP contribution in [0.1, 0.15) is 33.9 Å². The summed E-state index contributed by atoms with van der Waals surface area (Å²) in [5.74, 6) is 0.632. The van der Waals surface area contributed by atoms with Gasteiger partial charge in [-0.15, -0.1) is 0 Å². The van der Waals surface area contributed by atoms with E-state index in [4.69, 9.17) is 0 Å². The Morgan fingerprint density at radius 2 is 1.69 bits per heavy atom. The zero-order chi connectivity index (χ0) is 23.8. The van der Waals surface area contributed by atoms with Crippen LogP contribution in [0.3, 0.4) is 0 Å². The van der Waals surface area contributed by atoms with Gasteiger partial charge >= 0.3 is 0 Å². The van der Waals surface area contributed by atoms with Crippen LogP contribution in [0.5, 0.6) is 0 Å². The molecule has 1 amide bonds. The van der Waals surface area contributed by atoms with Gasteiger partial charge in [0.1, 0.15) is 12.6 Å². The molecule has 4 aromatic rings. The number of hydrogen-bond donors (Lipinski definition) is 0. The van der Waals surface area contributed by atoms with Crippen LogP contribution >= 0.6 is 0 Å². The first-order chi connectivity index (χ1) is 17.2. The number of aromatic nitrogens is 4. The molecule has 3 aromatic carbocycles. The number of allylic oxidation sites excluding steroid dienone is 1. The first-order valence-corrected chi connectivity index (χ1v) is 11.9. The molecule has 0 saturated heterocycles. The van der Waals surface area contributed by atoms with Crippen molar-refractivity contribution in [3.63, 3.8) is 0 Å². The van der Waals surface area contributed by atoms with Crippen LogP contribution in [-0.4, -0.2) is 44.1 Å². The quantitative estimate of drug-likeness (QED) is 0.458. The van der Waals surface area contributed by atoms with Gasteiger partial charge in [-0.2, -0.15) is 4.68 Å². The van der Waals surface area contributed by atoms with Crippen molar-refractivity contribution < 1.29 is 4.79 Å². The Morgan fingerprint density at radius 3 is 2.49 bits per heavy atom. The number of anilines is 1. The van der Waals surface area contributed by atoms with Gasteiger partial charge in [-0.05, 0) is 52.1 Å². The molecule has 0 aliphatic carbocycles. The Hall–Kier alpha value is -4.26. The molecule has 7 heteroatoms. The maximum Gasteiger partial charge on any atom is 0.251 e.